The minimum absolute atomic E-state index is 0.0491. The van der Waals surface area contributed by atoms with Gasteiger partial charge in [-0.05, 0) is 43.0 Å². The molecule has 0 saturated heterocycles. The lowest BCUT2D eigenvalue weighted by atomic mass is 10.1. The largest absolute Gasteiger partial charge is 0.325 e. The summed E-state index contributed by atoms with van der Waals surface area (Å²) in [6.45, 7) is 9.08. The Morgan fingerprint density at radius 1 is 1.11 bits per heavy atom. The van der Waals surface area contributed by atoms with Gasteiger partial charge in [0.05, 0.1) is 5.75 Å². The quantitative estimate of drug-likeness (QED) is 0.602. The smallest absolute Gasteiger partial charge is 0.234 e. The number of aryl methyl sites for hydroxylation is 2. The van der Waals surface area contributed by atoms with Crippen LogP contribution in [0.2, 0.25) is 0 Å². The maximum atomic E-state index is 12.5. The number of anilines is 1. The van der Waals surface area contributed by atoms with Crippen molar-refractivity contribution in [3.63, 3.8) is 0 Å². The monoisotopic (exact) mass is 395 g/mol. The third kappa shape index (κ3) is 4.78. The molecule has 1 aromatic carbocycles. The average Bonchev–Trinajstić information content (AvgIpc) is 3.06. The molecule has 2 aromatic heterocycles. The second-order valence-electron chi connectivity index (χ2n) is 7.15. The number of hydrogen-bond donors (Lipinski definition) is 1. The van der Waals surface area contributed by atoms with Crippen molar-refractivity contribution in [1.29, 1.82) is 0 Å². The maximum absolute atomic E-state index is 12.5. The van der Waals surface area contributed by atoms with Gasteiger partial charge in [-0.15, -0.1) is 10.2 Å². The summed E-state index contributed by atoms with van der Waals surface area (Å²) in [4.78, 5) is 16.6. The van der Waals surface area contributed by atoms with E-state index in [0.29, 0.717) is 5.92 Å². The van der Waals surface area contributed by atoms with Crippen molar-refractivity contribution in [1.82, 2.24) is 19.7 Å². The van der Waals surface area contributed by atoms with Crippen LogP contribution in [0.25, 0.3) is 11.4 Å². The topological polar surface area (TPSA) is 72.7 Å². The zero-order valence-corrected chi connectivity index (χ0v) is 17.5. The number of rotatable bonds is 7. The number of nitrogens with zero attached hydrogens (tertiary/aromatic N) is 4. The molecule has 7 heteroatoms. The molecule has 28 heavy (non-hydrogen) atoms. The first-order chi connectivity index (χ1) is 13.5. The Bertz CT molecular complexity index is 932. The number of carbonyl (C=O) groups is 1. The number of hydrogen-bond acceptors (Lipinski definition) is 5. The van der Waals surface area contributed by atoms with E-state index in [4.69, 9.17) is 0 Å². The highest BCUT2D eigenvalue weighted by Gasteiger charge is 2.17. The number of aromatic nitrogens is 4. The van der Waals surface area contributed by atoms with Crippen molar-refractivity contribution in [3.8, 4) is 11.4 Å². The van der Waals surface area contributed by atoms with Gasteiger partial charge in [-0.1, -0.05) is 43.8 Å². The highest BCUT2D eigenvalue weighted by Crippen LogP contribution is 2.25. The molecule has 0 spiro atoms. The predicted molar refractivity (Wildman–Crippen MR) is 113 cm³/mol. The normalized spacial score (nSPS) is 11.0. The molecule has 3 rings (SSSR count). The van der Waals surface area contributed by atoms with E-state index in [-0.39, 0.29) is 11.7 Å². The zero-order valence-electron chi connectivity index (χ0n) is 16.6. The molecule has 2 heterocycles. The first kappa shape index (κ1) is 20.1. The molecule has 3 aromatic rings. The minimum atomic E-state index is -0.0491. The number of benzene rings is 1. The zero-order chi connectivity index (χ0) is 20.1. The fraction of sp³-hybridized carbons (Fsp3) is 0.333. The molecular formula is C21H25N5OS. The van der Waals surface area contributed by atoms with Crippen LogP contribution in [0, 0.1) is 19.8 Å². The van der Waals surface area contributed by atoms with Gasteiger partial charge < -0.3 is 9.88 Å². The summed E-state index contributed by atoms with van der Waals surface area (Å²) >= 11 is 1.41. The fourth-order valence-corrected chi connectivity index (χ4v) is 3.70. The molecule has 0 radical (unpaired) electrons. The van der Waals surface area contributed by atoms with Crippen LogP contribution in [0.5, 0.6) is 0 Å². The van der Waals surface area contributed by atoms with E-state index in [2.05, 4.69) is 38.9 Å². The molecule has 6 nitrogen and oxygen atoms in total. The number of amides is 1. The van der Waals surface area contributed by atoms with Crippen LogP contribution in [0.15, 0.2) is 47.9 Å². The SMILES string of the molecule is Cc1cccc(C)c1NC(=O)CSc1nnc(-c2ccncc2)n1CC(C)C. The van der Waals surface area contributed by atoms with Crippen molar-refractivity contribution in [2.24, 2.45) is 5.92 Å². The maximum Gasteiger partial charge on any atom is 0.234 e. The van der Waals surface area contributed by atoms with Gasteiger partial charge in [0.1, 0.15) is 0 Å². The summed E-state index contributed by atoms with van der Waals surface area (Å²) in [7, 11) is 0. The Morgan fingerprint density at radius 2 is 1.79 bits per heavy atom. The van der Waals surface area contributed by atoms with Crippen molar-refractivity contribution >= 4 is 23.4 Å². The number of pyridine rings is 1. The second kappa shape index (κ2) is 9.01. The summed E-state index contributed by atoms with van der Waals surface area (Å²) < 4.78 is 2.08. The fourth-order valence-electron chi connectivity index (χ4n) is 2.96. The second-order valence-corrected chi connectivity index (χ2v) is 8.09. The van der Waals surface area contributed by atoms with Crippen LogP contribution in [0.3, 0.4) is 0 Å². The van der Waals surface area contributed by atoms with E-state index < -0.39 is 0 Å². The van der Waals surface area contributed by atoms with Gasteiger partial charge in [-0.3, -0.25) is 9.78 Å². The first-order valence-corrected chi connectivity index (χ1v) is 10.3. The van der Waals surface area contributed by atoms with E-state index in [1.807, 2.05) is 44.2 Å². The summed E-state index contributed by atoms with van der Waals surface area (Å²) in [6, 6.07) is 9.82. The van der Waals surface area contributed by atoms with Crippen LogP contribution in [0.1, 0.15) is 25.0 Å². The number of carbonyl (C=O) groups excluding carboxylic acids is 1. The molecule has 1 amide bonds. The van der Waals surface area contributed by atoms with Gasteiger partial charge in [0.25, 0.3) is 0 Å². The van der Waals surface area contributed by atoms with Crippen LogP contribution in [0.4, 0.5) is 5.69 Å². The Kier molecular flexibility index (Phi) is 6.46. The molecule has 0 fully saturated rings. The lowest BCUT2D eigenvalue weighted by Gasteiger charge is -2.13. The van der Waals surface area contributed by atoms with Crippen LogP contribution < -0.4 is 5.32 Å². The molecular weight excluding hydrogens is 370 g/mol. The highest BCUT2D eigenvalue weighted by molar-refractivity contribution is 7.99. The van der Waals surface area contributed by atoms with E-state index in [1.54, 1.807) is 12.4 Å². The molecule has 0 aliphatic carbocycles. The molecule has 0 aliphatic heterocycles. The summed E-state index contributed by atoms with van der Waals surface area (Å²) in [5.41, 5.74) is 3.96. The van der Waals surface area contributed by atoms with Crippen molar-refractivity contribution in [2.45, 2.75) is 39.4 Å². The third-order valence-electron chi connectivity index (χ3n) is 4.28. The molecule has 0 aliphatic rings. The Balaban J connectivity index is 1.75. The van der Waals surface area contributed by atoms with Crippen molar-refractivity contribution in [3.05, 3.63) is 53.9 Å². The van der Waals surface area contributed by atoms with E-state index in [1.165, 1.54) is 11.8 Å². The van der Waals surface area contributed by atoms with E-state index in [0.717, 1.165) is 39.9 Å². The summed E-state index contributed by atoms with van der Waals surface area (Å²) in [6.07, 6.45) is 3.49. The number of para-hydroxylation sites is 1. The lowest BCUT2D eigenvalue weighted by Crippen LogP contribution is -2.16. The molecule has 0 unspecified atom stereocenters. The molecule has 0 bridgehead atoms. The van der Waals surface area contributed by atoms with Crippen LogP contribution >= 0.6 is 11.8 Å². The van der Waals surface area contributed by atoms with E-state index >= 15 is 0 Å². The van der Waals surface area contributed by atoms with Gasteiger partial charge in [-0.25, -0.2) is 0 Å². The summed E-state index contributed by atoms with van der Waals surface area (Å²) in [5, 5.41) is 12.5. The lowest BCUT2D eigenvalue weighted by molar-refractivity contribution is -0.113. The van der Waals surface area contributed by atoms with Gasteiger partial charge in [-0.2, -0.15) is 0 Å². The average molecular weight is 396 g/mol. The molecule has 0 atom stereocenters. The van der Waals surface area contributed by atoms with Gasteiger partial charge in [0.15, 0.2) is 11.0 Å². The van der Waals surface area contributed by atoms with Crippen molar-refractivity contribution < 1.29 is 4.79 Å². The highest BCUT2D eigenvalue weighted by atomic mass is 32.2. The first-order valence-electron chi connectivity index (χ1n) is 9.28. The molecule has 146 valence electrons. The van der Waals surface area contributed by atoms with E-state index in [9.17, 15) is 4.79 Å². The Hall–Kier alpha value is -2.67. The number of nitrogens with one attached hydrogen (secondary N) is 1. The van der Waals surface area contributed by atoms with Crippen molar-refractivity contribution in [2.75, 3.05) is 11.1 Å². The van der Waals surface area contributed by atoms with Crippen LogP contribution in [-0.4, -0.2) is 31.4 Å². The van der Waals surface area contributed by atoms with Gasteiger partial charge in [0, 0.05) is 30.2 Å². The standard InChI is InChI=1S/C21H25N5OS/c1-14(2)12-26-20(17-8-10-22-11-9-17)24-25-21(26)28-13-18(27)23-19-15(3)6-5-7-16(19)4/h5-11,14H,12-13H2,1-4H3,(H,23,27). The Labute approximate surface area is 169 Å². The van der Waals surface area contributed by atoms with Gasteiger partial charge >= 0.3 is 0 Å². The number of thioether (sulfide) groups is 1. The predicted octanol–water partition coefficient (Wildman–Crippen LogP) is 4.34. The third-order valence-corrected chi connectivity index (χ3v) is 5.25. The Morgan fingerprint density at radius 3 is 2.43 bits per heavy atom. The molecule has 0 saturated carbocycles. The van der Waals surface area contributed by atoms with Crippen LogP contribution in [-0.2, 0) is 11.3 Å². The minimum Gasteiger partial charge on any atom is -0.325 e. The van der Waals surface area contributed by atoms with Gasteiger partial charge in [0.2, 0.25) is 5.91 Å². The molecule has 1 N–H and O–H groups in total. The summed E-state index contributed by atoms with van der Waals surface area (Å²) in [5.74, 6) is 1.46.